The van der Waals surface area contributed by atoms with E-state index >= 15 is 0 Å². The Labute approximate surface area is 163 Å². The van der Waals surface area contributed by atoms with Gasteiger partial charge in [-0.2, -0.15) is 0 Å². The minimum Gasteiger partial charge on any atom is -0.385 e. The second-order valence-corrected chi connectivity index (χ2v) is 7.51. The van der Waals surface area contributed by atoms with Gasteiger partial charge in [-0.1, -0.05) is 19.8 Å². The number of rotatable bonds is 12. The van der Waals surface area contributed by atoms with Crippen molar-refractivity contribution in [1.29, 1.82) is 0 Å². The highest BCUT2D eigenvalue weighted by Gasteiger charge is 2.31. The van der Waals surface area contributed by atoms with E-state index in [-0.39, 0.29) is 24.3 Å². The predicted octanol–water partition coefficient (Wildman–Crippen LogP) is 2.82. The van der Waals surface area contributed by atoms with Gasteiger partial charge in [-0.25, -0.2) is 0 Å². The van der Waals surface area contributed by atoms with Crippen molar-refractivity contribution < 1.29 is 14.3 Å². The van der Waals surface area contributed by atoms with E-state index in [1.54, 1.807) is 12.0 Å². The maximum Gasteiger partial charge on any atom is 0.242 e. The fourth-order valence-electron chi connectivity index (χ4n) is 3.34. The van der Waals surface area contributed by atoms with Gasteiger partial charge in [0, 0.05) is 51.7 Å². The van der Waals surface area contributed by atoms with E-state index in [4.69, 9.17) is 4.74 Å². The third kappa shape index (κ3) is 6.38. The van der Waals surface area contributed by atoms with Gasteiger partial charge < -0.3 is 19.1 Å². The number of carbonyl (C=O) groups excluding carboxylic acids is 2. The van der Waals surface area contributed by atoms with E-state index in [1.165, 1.54) is 0 Å². The Hall–Kier alpha value is -1.82. The molecule has 1 heterocycles. The maximum atomic E-state index is 13.1. The molecular weight excluding hydrogens is 342 g/mol. The topological polar surface area (TPSA) is 54.8 Å². The molecule has 1 fully saturated rings. The Kier molecular flexibility index (Phi) is 8.85. The zero-order valence-corrected chi connectivity index (χ0v) is 17.2. The van der Waals surface area contributed by atoms with Crippen LogP contribution in [0.15, 0.2) is 18.3 Å². The van der Waals surface area contributed by atoms with Crippen molar-refractivity contribution in [2.24, 2.45) is 13.0 Å². The molecule has 1 aliphatic carbocycles. The molecule has 1 saturated carbocycles. The van der Waals surface area contributed by atoms with Gasteiger partial charge in [-0.3, -0.25) is 9.59 Å². The van der Waals surface area contributed by atoms with Crippen LogP contribution in [0.3, 0.4) is 0 Å². The number of amides is 2. The summed E-state index contributed by atoms with van der Waals surface area (Å²) in [5.41, 5.74) is 1.11. The molecule has 0 aliphatic heterocycles. The van der Waals surface area contributed by atoms with Crippen LogP contribution in [0.25, 0.3) is 0 Å². The molecule has 0 bridgehead atoms. The Balaban J connectivity index is 2.02. The predicted molar refractivity (Wildman–Crippen MR) is 106 cm³/mol. The van der Waals surface area contributed by atoms with Crippen molar-refractivity contribution in [3.05, 3.63) is 24.0 Å². The molecule has 1 aromatic rings. The lowest BCUT2D eigenvalue weighted by Gasteiger charge is -2.33. The summed E-state index contributed by atoms with van der Waals surface area (Å²) >= 11 is 0. The van der Waals surface area contributed by atoms with Crippen LogP contribution in [-0.4, -0.2) is 59.5 Å². The van der Waals surface area contributed by atoms with Crippen molar-refractivity contribution in [1.82, 2.24) is 14.4 Å². The standard InChI is InChI=1S/C21H35N3O3/c1-4-5-13-23(16-19-11-7-12-22(19)2)20(25)17-24(14-8-15-27-3)21(26)18-9-6-10-18/h7,11-12,18H,4-6,8-10,13-17H2,1-3H3. The number of hydrogen-bond donors (Lipinski definition) is 0. The van der Waals surface area contributed by atoms with Gasteiger partial charge >= 0.3 is 0 Å². The number of carbonyl (C=O) groups is 2. The van der Waals surface area contributed by atoms with Crippen LogP contribution in [0.2, 0.25) is 0 Å². The molecule has 6 nitrogen and oxygen atoms in total. The minimum absolute atomic E-state index is 0.0368. The summed E-state index contributed by atoms with van der Waals surface area (Å²) in [6.45, 7) is 4.80. The summed E-state index contributed by atoms with van der Waals surface area (Å²) in [4.78, 5) is 29.5. The van der Waals surface area contributed by atoms with Crippen LogP contribution < -0.4 is 0 Å². The molecule has 2 rings (SSSR count). The van der Waals surface area contributed by atoms with Gasteiger partial charge in [0.25, 0.3) is 0 Å². The molecular formula is C21H35N3O3. The summed E-state index contributed by atoms with van der Waals surface area (Å²) in [5.74, 6) is 0.284. The highest BCUT2D eigenvalue weighted by atomic mass is 16.5. The summed E-state index contributed by atoms with van der Waals surface area (Å²) in [6.07, 6.45) is 7.79. The fourth-order valence-corrected chi connectivity index (χ4v) is 3.34. The van der Waals surface area contributed by atoms with Crippen molar-refractivity contribution in [2.45, 2.75) is 52.0 Å². The average molecular weight is 378 g/mol. The largest absolute Gasteiger partial charge is 0.385 e. The first-order valence-corrected chi connectivity index (χ1v) is 10.2. The summed E-state index contributed by atoms with van der Waals surface area (Å²) < 4.78 is 7.17. The minimum atomic E-state index is 0.0368. The number of aromatic nitrogens is 1. The molecule has 6 heteroatoms. The van der Waals surface area contributed by atoms with Crippen LogP contribution in [-0.2, 0) is 27.9 Å². The Morgan fingerprint density at radius 2 is 1.96 bits per heavy atom. The van der Waals surface area contributed by atoms with Gasteiger partial charge in [-0.15, -0.1) is 0 Å². The van der Waals surface area contributed by atoms with Crippen LogP contribution >= 0.6 is 0 Å². The zero-order valence-electron chi connectivity index (χ0n) is 17.2. The SMILES string of the molecule is CCCCN(Cc1cccn1C)C(=O)CN(CCCOC)C(=O)C1CCC1. The van der Waals surface area contributed by atoms with Crippen molar-refractivity contribution in [3.63, 3.8) is 0 Å². The lowest BCUT2D eigenvalue weighted by Crippen LogP contribution is -2.46. The Morgan fingerprint density at radius 1 is 1.22 bits per heavy atom. The average Bonchev–Trinajstić information content (AvgIpc) is 3.00. The normalized spacial score (nSPS) is 14.0. The molecule has 0 unspecified atom stereocenters. The molecule has 1 aliphatic rings. The molecule has 0 radical (unpaired) electrons. The first-order valence-electron chi connectivity index (χ1n) is 10.2. The van der Waals surface area contributed by atoms with Gasteiger partial charge in [0.05, 0.1) is 13.1 Å². The lowest BCUT2D eigenvalue weighted by atomic mass is 9.84. The lowest BCUT2D eigenvalue weighted by molar-refractivity contribution is -0.145. The monoisotopic (exact) mass is 377 g/mol. The molecule has 27 heavy (non-hydrogen) atoms. The van der Waals surface area contributed by atoms with E-state index in [2.05, 4.69) is 6.92 Å². The highest BCUT2D eigenvalue weighted by molar-refractivity contribution is 5.86. The van der Waals surface area contributed by atoms with Crippen LogP contribution in [0.5, 0.6) is 0 Å². The van der Waals surface area contributed by atoms with Gasteiger partial charge in [-0.05, 0) is 37.8 Å². The summed E-state index contributed by atoms with van der Waals surface area (Å²) in [7, 11) is 3.66. The molecule has 2 amide bonds. The van der Waals surface area contributed by atoms with Gasteiger partial charge in [0.15, 0.2) is 0 Å². The van der Waals surface area contributed by atoms with Crippen molar-refractivity contribution in [2.75, 3.05) is 33.4 Å². The third-order valence-electron chi connectivity index (χ3n) is 5.41. The first kappa shape index (κ1) is 21.5. The second kappa shape index (κ2) is 11.1. The summed E-state index contributed by atoms with van der Waals surface area (Å²) in [6, 6.07) is 4.04. The number of ether oxygens (including phenoxy) is 1. The van der Waals surface area contributed by atoms with Gasteiger partial charge in [0.2, 0.25) is 11.8 Å². The first-order chi connectivity index (χ1) is 13.1. The van der Waals surface area contributed by atoms with E-state index in [0.29, 0.717) is 19.7 Å². The number of methoxy groups -OCH3 is 1. The van der Waals surface area contributed by atoms with Crippen LogP contribution in [0.4, 0.5) is 0 Å². The van der Waals surface area contributed by atoms with Gasteiger partial charge in [0.1, 0.15) is 0 Å². The van der Waals surface area contributed by atoms with Crippen LogP contribution in [0.1, 0.15) is 51.1 Å². The van der Waals surface area contributed by atoms with E-state index in [1.807, 2.05) is 34.8 Å². The Morgan fingerprint density at radius 3 is 2.52 bits per heavy atom. The number of aryl methyl sites for hydroxylation is 1. The number of unbranched alkanes of at least 4 members (excludes halogenated alkanes) is 1. The van der Waals surface area contributed by atoms with Crippen LogP contribution in [0, 0.1) is 5.92 Å². The molecule has 0 spiro atoms. The quantitative estimate of drug-likeness (QED) is 0.526. The molecule has 152 valence electrons. The maximum absolute atomic E-state index is 13.1. The molecule has 0 saturated heterocycles. The zero-order chi connectivity index (χ0) is 19.6. The van der Waals surface area contributed by atoms with Crippen molar-refractivity contribution >= 4 is 11.8 Å². The smallest absolute Gasteiger partial charge is 0.242 e. The number of nitrogens with zero attached hydrogens (tertiary/aromatic N) is 3. The van der Waals surface area contributed by atoms with E-state index in [0.717, 1.165) is 50.8 Å². The number of hydrogen-bond acceptors (Lipinski definition) is 3. The Bertz CT molecular complexity index is 595. The molecule has 0 atom stereocenters. The van der Waals surface area contributed by atoms with E-state index in [9.17, 15) is 9.59 Å². The highest BCUT2D eigenvalue weighted by Crippen LogP contribution is 2.28. The fraction of sp³-hybridized carbons (Fsp3) is 0.714. The second-order valence-electron chi connectivity index (χ2n) is 7.51. The summed E-state index contributed by atoms with van der Waals surface area (Å²) in [5, 5.41) is 0. The van der Waals surface area contributed by atoms with E-state index < -0.39 is 0 Å². The molecule has 0 N–H and O–H groups in total. The molecule has 1 aromatic heterocycles. The third-order valence-corrected chi connectivity index (χ3v) is 5.41. The van der Waals surface area contributed by atoms with Crippen molar-refractivity contribution in [3.8, 4) is 0 Å². The molecule has 0 aromatic carbocycles.